The highest BCUT2D eigenvalue weighted by molar-refractivity contribution is 7.80. The highest BCUT2D eigenvalue weighted by Gasteiger charge is 2.03. The first kappa shape index (κ1) is 18.4. The number of thiocarbonyl (C=S) groups is 1. The molecule has 0 fully saturated rings. The zero-order chi connectivity index (χ0) is 18.4. The van der Waals surface area contributed by atoms with Crippen LogP contribution < -0.4 is 10.6 Å². The Balaban J connectivity index is 1.42. The Labute approximate surface area is 163 Å². The van der Waals surface area contributed by atoms with Gasteiger partial charge in [-0.05, 0) is 49.3 Å². The minimum atomic E-state index is 0.587. The minimum absolute atomic E-state index is 0.587. The average molecular weight is 389 g/mol. The summed E-state index contributed by atoms with van der Waals surface area (Å²) in [4.78, 5) is 0. The number of hydrogen-bond acceptors (Lipinski definition) is 3. The Morgan fingerprint density at radius 3 is 2.92 bits per heavy atom. The van der Waals surface area contributed by atoms with E-state index in [0.717, 1.165) is 41.5 Å². The van der Waals surface area contributed by atoms with E-state index >= 15 is 0 Å². The summed E-state index contributed by atoms with van der Waals surface area (Å²) in [7, 11) is 0. The van der Waals surface area contributed by atoms with Gasteiger partial charge in [0, 0.05) is 36.2 Å². The minimum Gasteiger partial charge on any atom is -0.362 e. The zero-order valence-corrected chi connectivity index (χ0v) is 16.1. The van der Waals surface area contributed by atoms with E-state index in [9.17, 15) is 0 Å². The second-order valence-corrected chi connectivity index (χ2v) is 6.83. The van der Waals surface area contributed by atoms with E-state index in [-0.39, 0.29) is 0 Å². The van der Waals surface area contributed by atoms with E-state index in [1.54, 1.807) is 6.20 Å². The van der Waals surface area contributed by atoms with E-state index in [1.807, 2.05) is 59.0 Å². The number of halogens is 1. The Morgan fingerprint density at radius 1 is 1.27 bits per heavy atom. The van der Waals surface area contributed by atoms with Gasteiger partial charge < -0.3 is 10.6 Å². The van der Waals surface area contributed by atoms with E-state index in [2.05, 4.69) is 20.8 Å². The molecule has 0 amide bonds. The van der Waals surface area contributed by atoms with Crippen molar-refractivity contribution in [2.45, 2.75) is 26.4 Å². The Hall–Kier alpha value is -2.38. The molecule has 0 radical (unpaired) electrons. The third-order valence-electron chi connectivity index (χ3n) is 3.89. The third kappa shape index (κ3) is 5.31. The molecule has 0 atom stereocenters. The van der Waals surface area contributed by atoms with Gasteiger partial charge in [0.1, 0.15) is 0 Å². The molecule has 0 aliphatic carbocycles. The number of nitrogens with one attached hydrogen (secondary N) is 2. The number of rotatable bonds is 7. The number of anilines is 1. The van der Waals surface area contributed by atoms with Crippen LogP contribution in [0.2, 0.25) is 5.02 Å². The van der Waals surface area contributed by atoms with Gasteiger partial charge in [-0.15, -0.1) is 0 Å². The first-order chi connectivity index (χ1) is 12.6. The molecule has 0 bridgehead atoms. The van der Waals surface area contributed by atoms with Gasteiger partial charge in [-0.2, -0.15) is 10.2 Å². The fourth-order valence-electron chi connectivity index (χ4n) is 2.58. The first-order valence-electron chi connectivity index (χ1n) is 8.40. The molecule has 0 saturated heterocycles. The molecule has 1 aromatic carbocycles. The van der Waals surface area contributed by atoms with E-state index in [1.165, 1.54) is 0 Å². The van der Waals surface area contributed by atoms with Crippen LogP contribution in [0.5, 0.6) is 0 Å². The van der Waals surface area contributed by atoms with Crippen molar-refractivity contribution in [2.24, 2.45) is 0 Å². The molecule has 0 aliphatic rings. The summed E-state index contributed by atoms with van der Waals surface area (Å²) in [5.41, 5.74) is 3.12. The second kappa shape index (κ2) is 8.82. The molecule has 6 nitrogen and oxygen atoms in total. The molecule has 2 N–H and O–H groups in total. The molecule has 2 heterocycles. The largest absolute Gasteiger partial charge is 0.362 e. The van der Waals surface area contributed by atoms with Gasteiger partial charge in [0.2, 0.25) is 0 Å². The summed E-state index contributed by atoms with van der Waals surface area (Å²) in [6, 6.07) is 9.75. The number of benzene rings is 1. The lowest BCUT2D eigenvalue weighted by Crippen LogP contribution is -2.29. The number of hydrogen-bond donors (Lipinski definition) is 2. The van der Waals surface area contributed by atoms with Crippen LogP contribution in [0.1, 0.15) is 17.7 Å². The van der Waals surface area contributed by atoms with Crippen molar-refractivity contribution in [3.8, 4) is 0 Å². The molecule has 0 aliphatic heterocycles. The summed E-state index contributed by atoms with van der Waals surface area (Å²) < 4.78 is 3.83. The van der Waals surface area contributed by atoms with Gasteiger partial charge in [-0.1, -0.05) is 23.7 Å². The summed E-state index contributed by atoms with van der Waals surface area (Å²) in [6.45, 7) is 4.35. The fourth-order valence-corrected chi connectivity index (χ4v) is 3.01. The van der Waals surface area contributed by atoms with Gasteiger partial charge in [0.15, 0.2) is 5.11 Å². The molecule has 0 spiro atoms. The van der Waals surface area contributed by atoms with Gasteiger partial charge in [-0.3, -0.25) is 9.36 Å². The normalized spacial score (nSPS) is 10.7. The third-order valence-corrected chi connectivity index (χ3v) is 4.37. The predicted octanol–water partition coefficient (Wildman–Crippen LogP) is 3.47. The van der Waals surface area contributed by atoms with Gasteiger partial charge in [0.05, 0.1) is 18.4 Å². The number of nitrogens with zero attached hydrogens (tertiary/aromatic N) is 4. The van der Waals surface area contributed by atoms with Gasteiger partial charge >= 0.3 is 0 Å². The van der Waals surface area contributed by atoms with Crippen LogP contribution in [0.15, 0.2) is 48.9 Å². The van der Waals surface area contributed by atoms with Crippen LogP contribution in [0, 0.1) is 6.92 Å². The maximum atomic E-state index is 6.01. The standard InChI is InChI=1S/C18H21ClN6S/c1-14-6-8-21-25(14)9-3-7-20-18(26)23-17-11-22-24(13-17)12-15-4-2-5-16(19)10-15/h2,4-6,8,10-11,13H,3,7,9,12H2,1H3,(H2,20,23,26). The smallest absolute Gasteiger partial charge is 0.170 e. The monoisotopic (exact) mass is 388 g/mol. The van der Waals surface area contributed by atoms with Crippen LogP contribution in [0.25, 0.3) is 0 Å². The molecule has 0 unspecified atom stereocenters. The molecule has 3 rings (SSSR count). The maximum absolute atomic E-state index is 6.01. The molecular weight excluding hydrogens is 368 g/mol. The van der Waals surface area contributed by atoms with Crippen molar-refractivity contribution in [2.75, 3.05) is 11.9 Å². The molecule has 26 heavy (non-hydrogen) atoms. The van der Waals surface area contributed by atoms with Crippen molar-refractivity contribution < 1.29 is 0 Å². The second-order valence-electron chi connectivity index (χ2n) is 5.99. The first-order valence-corrected chi connectivity index (χ1v) is 9.19. The summed E-state index contributed by atoms with van der Waals surface area (Å²) in [5, 5.41) is 16.3. The van der Waals surface area contributed by atoms with Crippen LogP contribution in [0.3, 0.4) is 0 Å². The Morgan fingerprint density at radius 2 is 2.15 bits per heavy atom. The van der Waals surface area contributed by atoms with Crippen molar-refractivity contribution in [1.82, 2.24) is 24.9 Å². The maximum Gasteiger partial charge on any atom is 0.170 e. The topological polar surface area (TPSA) is 59.7 Å². The van der Waals surface area contributed by atoms with E-state index in [0.29, 0.717) is 11.7 Å². The van der Waals surface area contributed by atoms with Crippen LogP contribution in [0.4, 0.5) is 5.69 Å². The number of aryl methyl sites for hydroxylation is 2. The quantitative estimate of drug-likeness (QED) is 0.479. The lowest BCUT2D eigenvalue weighted by Gasteiger charge is -2.09. The average Bonchev–Trinajstić information content (AvgIpc) is 3.21. The molecule has 8 heteroatoms. The molecule has 136 valence electrons. The van der Waals surface area contributed by atoms with Crippen molar-refractivity contribution >= 4 is 34.6 Å². The van der Waals surface area contributed by atoms with E-state index < -0.39 is 0 Å². The molecule has 3 aromatic rings. The van der Waals surface area contributed by atoms with Crippen molar-refractivity contribution in [3.63, 3.8) is 0 Å². The highest BCUT2D eigenvalue weighted by Crippen LogP contribution is 2.13. The van der Waals surface area contributed by atoms with Crippen molar-refractivity contribution in [1.29, 1.82) is 0 Å². The van der Waals surface area contributed by atoms with Gasteiger partial charge in [-0.25, -0.2) is 0 Å². The van der Waals surface area contributed by atoms with Crippen LogP contribution in [-0.4, -0.2) is 31.2 Å². The Bertz CT molecular complexity index is 872. The van der Waals surface area contributed by atoms with E-state index in [4.69, 9.17) is 23.8 Å². The summed E-state index contributed by atoms with van der Waals surface area (Å²) in [6.07, 6.45) is 6.43. The summed E-state index contributed by atoms with van der Waals surface area (Å²) >= 11 is 11.3. The van der Waals surface area contributed by atoms with Crippen LogP contribution in [-0.2, 0) is 13.1 Å². The van der Waals surface area contributed by atoms with Crippen molar-refractivity contribution in [3.05, 3.63) is 65.2 Å². The zero-order valence-electron chi connectivity index (χ0n) is 14.5. The highest BCUT2D eigenvalue weighted by atomic mass is 35.5. The lowest BCUT2D eigenvalue weighted by atomic mass is 10.2. The molecular formula is C18H21ClN6S. The molecule has 2 aromatic heterocycles. The predicted molar refractivity (Wildman–Crippen MR) is 109 cm³/mol. The number of aromatic nitrogens is 4. The summed E-state index contributed by atoms with van der Waals surface area (Å²) in [5.74, 6) is 0. The SMILES string of the molecule is Cc1ccnn1CCCNC(=S)Nc1cnn(Cc2cccc(Cl)c2)c1. The van der Waals surface area contributed by atoms with Crippen LogP contribution >= 0.6 is 23.8 Å². The van der Waals surface area contributed by atoms with Gasteiger partial charge in [0.25, 0.3) is 0 Å². The molecule has 0 saturated carbocycles. The Kier molecular flexibility index (Phi) is 6.25. The fraction of sp³-hybridized carbons (Fsp3) is 0.278. The lowest BCUT2D eigenvalue weighted by molar-refractivity contribution is 0.561.